The molecule has 0 aliphatic carbocycles. The van der Waals surface area contributed by atoms with Crippen LogP contribution in [0.1, 0.15) is 399 Å². The summed E-state index contributed by atoms with van der Waals surface area (Å²) in [6, 6.07) is -0.871. The Morgan fingerprint density at radius 2 is 0.625 bits per heavy atom. The zero-order chi connectivity index (χ0) is 64.1. The van der Waals surface area contributed by atoms with Gasteiger partial charge in [0.2, 0.25) is 5.91 Å². The van der Waals surface area contributed by atoms with Crippen LogP contribution in [0.2, 0.25) is 0 Å². The van der Waals surface area contributed by atoms with Gasteiger partial charge in [0.05, 0.1) is 39.9 Å². The Labute approximate surface area is 549 Å². The van der Waals surface area contributed by atoms with Crippen LogP contribution in [-0.4, -0.2) is 73.4 Å². The van der Waals surface area contributed by atoms with Crippen LogP contribution in [0.3, 0.4) is 0 Å². The molecular formula is C79H154N2O6P+. The number of aliphatic hydroxyl groups is 1. The minimum atomic E-state index is -4.37. The van der Waals surface area contributed by atoms with E-state index in [4.69, 9.17) is 9.05 Å². The number of phosphoric acid groups is 1. The molecule has 0 heterocycles. The van der Waals surface area contributed by atoms with Gasteiger partial charge in [0.15, 0.2) is 0 Å². The van der Waals surface area contributed by atoms with Crippen molar-refractivity contribution in [1.82, 2.24) is 5.32 Å². The van der Waals surface area contributed by atoms with Crippen molar-refractivity contribution < 1.29 is 32.9 Å². The molecule has 0 saturated heterocycles. The monoisotopic (exact) mass is 1260 g/mol. The molecule has 0 aromatic heterocycles. The molecule has 0 fully saturated rings. The van der Waals surface area contributed by atoms with Crippen LogP contribution in [0.4, 0.5) is 0 Å². The maximum absolute atomic E-state index is 13.1. The first-order valence-electron chi connectivity index (χ1n) is 39.0. The zero-order valence-electron chi connectivity index (χ0n) is 59.7. The second-order valence-corrected chi connectivity index (χ2v) is 29.5. The van der Waals surface area contributed by atoms with E-state index in [9.17, 15) is 19.4 Å². The number of hydrogen-bond acceptors (Lipinski definition) is 5. The maximum atomic E-state index is 13.1. The summed E-state index contributed by atoms with van der Waals surface area (Å²) in [6.07, 6.45) is 96.0. The van der Waals surface area contributed by atoms with Gasteiger partial charge < -0.3 is 19.8 Å². The predicted octanol–water partition coefficient (Wildman–Crippen LogP) is 25.3. The lowest BCUT2D eigenvalue weighted by Crippen LogP contribution is -2.45. The molecule has 9 heteroatoms. The quantitative estimate of drug-likeness (QED) is 0.0243. The van der Waals surface area contributed by atoms with Crippen LogP contribution in [0, 0.1) is 0 Å². The van der Waals surface area contributed by atoms with E-state index in [0.29, 0.717) is 17.4 Å². The highest BCUT2D eigenvalue weighted by molar-refractivity contribution is 7.47. The van der Waals surface area contributed by atoms with Crippen molar-refractivity contribution in [3.05, 3.63) is 48.6 Å². The number of nitrogens with zero attached hydrogens (tertiary/aromatic N) is 1. The third kappa shape index (κ3) is 71.9. The summed E-state index contributed by atoms with van der Waals surface area (Å²) in [5, 5.41) is 14.0. The SMILES string of the molecule is CCCCCCCCCC/C=C\CCCCCCCCCCCCCCCCCCCCCCCCCC(=O)NC(COP(=O)(O)OCC[N+](C)(C)C)C(O)/C=C/CC/C=C/CC/C=C/CCCCCCCCCCCCCCCCCCCCCCC. The summed E-state index contributed by atoms with van der Waals surface area (Å²) in [6.45, 7) is 4.85. The minimum absolute atomic E-state index is 0.0547. The zero-order valence-corrected chi connectivity index (χ0v) is 60.6. The van der Waals surface area contributed by atoms with E-state index in [1.54, 1.807) is 6.08 Å². The molecule has 0 radical (unpaired) electrons. The fourth-order valence-corrected chi connectivity index (χ4v) is 12.7. The van der Waals surface area contributed by atoms with Crippen molar-refractivity contribution in [3.8, 4) is 0 Å². The first kappa shape index (κ1) is 86.5. The van der Waals surface area contributed by atoms with Gasteiger partial charge in [-0.25, -0.2) is 4.57 Å². The average molecular weight is 1260 g/mol. The molecule has 3 unspecified atom stereocenters. The molecule has 520 valence electrons. The van der Waals surface area contributed by atoms with Gasteiger partial charge in [-0.15, -0.1) is 0 Å². The predicted molar refractivity (Wildman–Crippen MR) is 387 cm³/mol. The first-order valence-corrected chi connectivity index (χ1v) is 40.5. The van der Waals surface area contributed by atoms with Crippen molar-refractivity contribution >= 4 is 13.7 Å². The smallest absolute Gasteiger partial charge is 0.387 e. The Balaban J connectivity index is 4.02. The Morgan fingerprint density at radius 3 is 0.909 bits per heavy atom. The summed E-state index contributed by atoms with van der Waals surface area (Å²) < 4.78 is 23.8. The Kier molecular flexibility index (Phi) is 68.6. The van der Waals surface area contributed by atoms with E-state index in [0.717, 1.165) is 44.9 Å². The second-order valence-electron chi connectivity index (χ2n) is 28.1. The number of aliphatic hydroxyl groups excluding tert-OH is 1. The maximum Gasteiger partial charge on any atom is 0.472 e. The van der Waals surface area contributed by atoms with Crippen molar-refractivity contribution in [1.29, 1.82) is 0 Å². The highest BCUT2D eigenvalue weighted by Gasteiger charge is 2.28. The van der Waals surface area contributed by atoms with Gasteiger partial charge in [-0.3, -0.25) is 13.8 Å². The number of quaternary nitrogens is 1. The highest BCUT2D eigenvalue weighted by atomic mass is 31.2. The third-order valence-electron chi connectivity index (χ3n) is 18.0. The number of phosphoric ester groups is 1. The second kappa shape index (κ2) is 69.8. The molecule has 0 aliphatic heterocycles. The van der Waals surface area contributed by atoms with Gasteiger partial charge in [-0.2, -0.15) is 0 Å². The number of hydrogen-bond donors (Lipinski definition) is 3. The number of rotatable bonds is 73. The lowest BCUT2D eigenvalue weighted by atomic mass is 10.0. The van der Waals surface area contributed by atoms with E-state index in [1.807, 2.05) is 27.2 Å². The number of nitrogens with one attached hydrogen (secondary N) is 1. The summed E-state index contributed by atoms with van der Waals surface area (Å²) in [5.74, 6) is -0.183. The molecule has 0 aromatic rings. The molecule has 3 atom stereocenters. The average Bonchev–Trinajstić information content (AvgIpc) is 3.64. The van der Waals surface area contributed by atoms with Crippen molar-refractivity contribution in [2.24, 2.45) is 0 Å². The molecule has 8 nitrogen and oxygen atoms in total. The molecule has 0 aliphatic rings. The van der Waals surface area contributed by atoms with E-state index < -0.39 is 20.0 Å². The molecule has 1 amide bonds. The molecule has 0 aromatic carbocycles. The largest absolute Gasteiger partial charge is 0.472 e. The summed E-state index contributed by atoms with van der Waals surface area (Å²) in [7, 11) is 1.56. The van der Waals surface area contributed by atoms with Crippen LogP contribution in [0.5, 0.6) is 0 Å². The number of likely N-dealkylation sites (N-methyl/N-ethyl adjacent to an activating group) is 1. The lowest BCUT2D eigenvalue weighted by Gasteiger charge is -2.25. The van der Waals surface area contributed by atoms with Gasteiger partial charge >= 0.3 is 7.82 Å². The molecular weight excluding hydrogens is 1100 g/mol. The number of carbonyl (C=O) groups is 1. The van der Waals surface area contributed by atoms with Gasteiger partial charge in [0.25, 0.3) is 0 Å². The van der Waals surface area contributed by atoms with Crippen LogP contribution in [-0.2, 0) is 18.4 Å². The van der Waals surface area contributed by atoms with E-state index in [2.05, 4.69) is 55.6 Å². The third-order valence-corrected chi connectivity index (χ3v) is 19.0. The van der Waals surface area contributed by atoms with Gasteiger partial charge in [0.1, 0.15) is 13.2 Å². The Hall–Kier alpha value is -1.54. The van der Waals surface area contributed by atoms with Crippen molar-refractivity contribution in [2.45, 2.75) is 411 Å². The lowest BCUT2D eigenvalue weighted by molar-refractivity contribution is -0.870. The van der Waals surface area contributed by atoms with Gasteiger partial charge in [-0.1, -0.05) is 371 Å². The van der Waals surface area contributed by atoms with E-state index in [1.165, 1.54) is 334 Å². The molecule has 3 N–H and O–H groups in total. The molecule has 0 bridgehead atoms. The van der Waals surface area contributed by atoms with Crippen LogP contribution >= 0.6 is 7.82 Å². The normalized spacial score (nSPS) is 13.8. The highest BCUT2D eigenvalue weighted by Crippen LogP contribution is 2.43. The van der Waals surface area contributed by atoms with Crippen LogP contribution in [0.25, 0.3) is 0 Å². The number of carbonyl (C=O) groups excluding carboxylic acids is 1. The van der Waals surface area contributed by atoms with E-state index >= 15 is 0 Å². The number of allylic oxidation sites excluding steroid dienone is 7. The van der Waals surface area contributed by atoms with Crippen LogP contribution in [0.15, 0.2) is 48.6 Å². The van der Waals surface area contributed by atoms with Crippen molar-refractivity contribution in [3.63, 3.8) is 0 Å². The molecule has 0 rings (SSSR count). The molecule has 88 heavy (non-hydrogen) atoms. The molecule has 0 spiro atoms. The Morgan fingerprint density at radius 1 is 0.375 bits per heavy atom. The fraction of sp³-hybridized carbons (Fsp3) is 0.886. The summed E-state index contributed by atoms with van der Waals surface area (Å²) in [4.78, 5) is 23.5. The minimum Gasteiger partial charge on any atom is -0.387 e. The summed E-state index contributed by atoms with van der Waals surface area (Å²) in [5.41, 5.74) is 0. The molecule has 0 saturated carbocycles. The Bertz CT molecular complexity index is 1580. The van der Waals surface area contributed by atoms with Gasteiger partial charge in [-0.05, 0) is 70.6 Å². The number of unbranched alkanes of at least 4 members (excludes halogenated alkanes) is 54. The standard InChI is InChI=1S/C79H153N2O6P/c1-6-8-10-12-14-16-18-20-22-24-26-28-30-32-34-36-38-39-40-41-43-45-47-49-51-53-55-57-59-61-63-65-67-69-71-73-79(83)80-77(76-87-88(84,85)86-75-74-81(3,4)5)78(82)72-70-68-66-64-62-60-58-56-54-52-50-48-46-44-42-37-35-33-31-29-27-25-23-21-19-17-15-13-11-9-7-2/h24,26,54,56,62,64,70,72,77-78,82H,6-23,25,27-53,55,57-61,63,65-69,71,73-76H2,1-5H3,(H-,80,83,84,85)/p+1/b26-24-,56-54+,64-62+,72-70+. The topological polar surface area (TPSA) is 105 Å². The van der Waals surface area contributed by atoms with Crippen LogP contribution < -0.4 is 5.32 Å². The van der Waals surface area contributed by atoms with Crippen molar-refractivity contribution in [2.75, 3.05) is 40.9 Å². The van der Waals surface area contributed by atoms with Gasteiger partial charge in [0, 0.05) is 6.42 Å². The van der Waals surface area contributed by atoms with E-state index in [-0.39, 0.29) is 19.1 Å². The first-order chi connectivity index (χ1) is 43.0. The fourth-order valence-electron chi connectivity index (χ4n) is 12.0. The summed E-state index contributed by atoms with van der Waals surface area (Å²) >= 11 is 0. The number of amides is 1.